The van der Waals surface area contributed by atoms with E-state index in [-0.39, 0.29) is 12.1 Å². The summed E-state index contributed by atoms with van der Waals surface area (Å²) in [6, 6.07) is 0. The fourth-order valence-corrected chi connectivity index (χ4v) is 2.92. The molecule has 2 aliphatic carbocycles. The number of hydrogen-bond donors (Lipinski definition) is 0. The van der Waals surface area contributed by atoms with Crippen LogP contribution in [0.25, 0.3) is 0 Å². The molecule has 0 spiro atoms. The number of fused-ring (bicyclic) bond motifs is 2. The van der Waals surface area contributed by atoms with Gasteiger partial charge in [0.2, 0.25) is 0 Å². The molecule has 2 bridgehead atoms. The number of carbonyl (C=O) groups excluding carboxylic acids is 1. The number of carbonyl (C=O) groups is 1. The number of rotatable bonds is 1. The van der Waals surface area contributed by atoms with Crippen LogP contribution in [0.15, 0.2) is 0 Å². The molecule has 0 radical (unpaired) electrons. The first-order valence-corrected chi connectivity index (χ1v) is 4.85. The van der Waals surface area contributed by atoms with E-state index in [1.165, 1.54) is 26.2 Å². The molecule has 2 fully saturated rings. The van der Waals surface area contributed by atoms with Gasteiger partial charge < -0.3 is 4.74 Å². The van der Waals surface area contributed by atoms with E-state index in [0.717, 1.165) is 5.92 Å². The molecule has 0 amide bonds. The highest BCUT2D eigenvalue weighted by molar-refractivity contribution is 5.66. The summed E-state index contributed by atoms with van der Waals surface area (Å²) in [6.07, 6.45) is 4.15. The molecule has 0 aromatic heterocycles. The van der Waals surface area contributed by atoms with Gasteiger partial charge in [-0.05, 0) is 37.0 Å². The Hall–Kier alpha value is -0.530. The van der Waals surface area contributed by atoms with Gasteiger partial charge in [-0.1, -0.05) is 6.92 Å². The van der Waals surface area contributed by atoms with E-state index in [9.17, 15) is 4.79 Å². The summed E-state index contributed by atoms with van der Waals surface area (Å²) >= 11 is 0. The Kier molecular flexibility index (Phi) is 1.85. The van der Waals surface area contributed by atoms with Crippen LogP contribution in [0.1, 0.15) is 33.1 Å². The lowest BCUT2D eigenvalue weighted by molar-refractivity contribution is -0.151. The second-order valence-electron chi connectivity index (χ2n) is 4.27. The molecule has 0 aromatic rings. The van der Waals surface area contributed by atoms with E-state index in [4.69, 9.17) is 4.74 Å². The lowest BCUT2D eigenvalue weighted by atomic mass is 9.88. The number of esters is 1. The Bertz CT molecular complexity index is 198. The summed E-state index contributed by atoms with van der Waals surface area (Å²) < 4.78 is 5.32. The van der Waals surface area contributed by atoms with Crippen molar-refractivity contribution in [1.82, 2.24) is 0 Å². The molecular formula is C10H16O2. The molecule has 2 nitrogen and oxygen atoms in total. The van der Waals surface area contributed by atoms with Crippen molar-refractivity contribution in [2.24, 2.45) is 17.8 Å². The zero-order valence-electron chi connectivity index (χ0n) is 7.75. The predicted molar refractivity (Wildman–Crippen MR) is 45.5 cm³/mol. The minimum Gasteiger partial charge on any atom is -0.462 e. The van der Waals surface area contributed by atoms with Gasteiger partial charge in [0.05, 0.1) is 0 Å². The van der Waals surface area contributed by atoms with Gasteiger partial charge in [0.1, 0.15) is 6.10 Å². The van der Waals surface area contributed by atoms with Crippen molar-refractivity contribution in [3.8, 4) is 0 Å². The van der Waals surface area contributed by atoms with Crippen molar-refractivity contribution in [3.05, 3.63) is 0 Å². The lowest BCUT2D eigenvalue weighted by Crippen LogP contribution is -2.29. The van der Waals surface area contributed by atoms with Gasteiger partial charge in [0.25, 0.3) is 0 Å². The minimum atomic E-state index is -0.112. The van der Waals surface area contributed by atoms with Gasteiger partial charge in [-0.15, -0.1) is 0 Å². The highest BCUT2D eigenvalue weighted by Crippen LogP contribution is 2.49. The zero-order chi connectivity index (χ0) is 8.72. The summed E-state index contributed by atoms with van der Waals surface area (Å²) in [6.45, 7) is 3.73. The predicted octanol–water partition coefficient (Wildman–Crippen LogP) is 1.98. The van der Waals surface area contributed by atoms with Crippen molar-refractivity contribution in [2.45, 2.75) is 39.2 Å². The summed E-state index contributed by atoms with van der Waals surface area (Å²) in [5.74, 6) is 2.00. The Morgan fingerprint density at radius 1 is 1.33 bits per heavy atom. The average molecular weight is 168 g/mol. The fourth-order valence-electron chi connectivity index (χ4n) is 2.92. The second-order valence-corrected chi connectivity index (χ2v) is 4.27. The Morgan fingerprint density at radius 3 is 2.50 bits per heavy atom. The maximum atomic E-state index is 10.8. The molecule has 2 rings (SSSR count). The average Bonchev–Trinajstić information content (AvgIpc) is 2.53. The molecular weight excluding hydrogens is 152 g/mol. The first-order valence-electron chi connectivity index (χ1n) is 4.85. The summed E-state index contributed by atoms with van der Waals surface area (Å²) in [5, 5.41) is 0. The molecule has 4 atom stereocenters. The summed E-state index contributed by atoms with van der Waals surface area (Å²) in [4.78, 5) is 10.8. The normalized spacial score (nSPS) is 44.8. The van der Waals surface area contributed by atoms with Gasteiger partial charge in [0.15, 0.2) is 0 Å². The van der Waals surface area contributed by atoms with Crippen LogP contribution < -0.4 is 0 Å². The van der Waals surface area contributed by atoms with E-state index in [1.54, 1.807) is 0 Å². The second kappa shape index (κ2) is 2.75. The zero-order valence-corrected chi connectivity index (χ0v) is 7.75. The fraction of sp³-hybridized carbons (Fsp3) is 0.900. The standard InChI is InChI=1S/C10H16O2/c1-6-8-3-4-9(5-8)10(6)12-7(2)11/h6,8-10H,3-5H2,1-2H3/t6-,8-,9+,10+/m0/s1. The van der Waals surface area contributed by atoms with Gasteiger partial charge in [-0.2, -0.15) is 0 Å². The van der Waals surface area contributed by atoms with Crippen LogP contribution in [0.4, 0.5) is 0 Å². The van der Waals surface area contributed by atoms with Gasteiger partial charge >= 0.3 is 5.97 Å². The SMILES string of the molecule is CC(=O)O[C@H]1[C@@H]2CC[C@@H](C2)[C@@H]1C. The molecule has 2 heteroatoms. The van der Waals surface area contributed by atoms with Crippen molar-refractivity contribution < 1.29 is 9.53 Å². The third-order valence-corrected chi connectivity index (χ3v) is 3.54. The van der Waals surface area contributed by atoms with Gasteiger partial charge in [0, 0.05) is 6.92 Å². The molecule has 12 heavy (non-hydrogen) atoms. The largest absolute Gasteiger partial charge is 0.462 e. The van der Waals surface area contributed by atoms with Crippen LogP contribution in [0.2, 0.25) is 0 Å². The first-order chi connectivity index (χ1) is 5.68. The molecule has 0 unspecified atom stereocenters. The molecule has 0 saturated heterocycles. The summed E-state index contributed by atoms with van der Waals surface area (Å²) in [7, 11) is 0. The van der Waals surface area contributed by atoms with E-state index in [0.29, 0.717) is 11.8 Å². The van der Waals surface area contributed by atoms with Crippen LogP contribution in [-0.4, -0.2) is 12.1 Å². The third kappa shape index (κ3) is 1.13. The highest BCUT2D eigenvalue weighted by atomic mass is 16.5. The molecule has 0 heterocycles. The number of hydrogen-bond acceptors (Lipinski definition) is 2. The summed E-state index contributed by atoms with van der Waals surface area (Å²) in [5.41, 5.74) is 0. The van der Waals surface area contributed by atoms with Crippen molar-refractivity contribution in [1.29, 1.82) is 0 Å². The maximum absolute atomic E-state index is 10.8. The van der Waals surface area contributed by atoms with Crippen LogP contribution in [0.3, 0.4) is 0 Å². The Labute approximate surface area is 73.3 Å². The third-order valence-electron chi connectivity index (χ3n) is 3.54. The monoisotopic (exact) mass is 168 g/mol. The molecule has 2 saturated carbocycles. The van der Waals surface area contributed by atoms with E-state index >= 15 is 0 Å². The topological polar surface area (TPSA) is 26.3 Å². The molecule has 0 aliphatic heterocycles. The lowest BCUT2D eigenvalue weighted by Gasteiger charge is -2.27. The van der Waals surface area contributed by atoms with Crippen molar-refractivity contribution in [2.75, 3.05) is 0 Å². The maximum Gasteiger partial charge on any atom is 0.302 e. The van der Waals surface area contributed by atoms with Crippen molar-refractivity contribution >= 4 is 5.97 Å². The van der Waals surface area contributed by atoms with Crippen LogP contribution in [0.5, 0.6) is 0 Å². The van der Waals surface area contributed by atoms with Gasteiger partial charge in [-0.25, -0.2) is 0 Å². The minimum absolute atomic E-state index is 0.112. The molecule has 68 valence electrons. The smallest absolute Gasteiger partial charge is 0.302 e. The molecule has 0 aromatic carbocycles. The van der Waals surface area contributed by atoms with Crippen LogP contribution in [-0.2, 0) is 9.53 Å². The quantitative estimate of drug-likeness (QED) is 0.560. The van der Waals surface area contributed by atoms with E-state index in [1.807, 2.05) is 0 Å². The Morgan fingerprint density at radius 2 is 2.00 bits per heavy atom. The van der Waals surface area contributed by atoms with Gasteiger partial charge in [-0.3, -0.25) is 4.79 Å². The first kappa shape index (κ1) is 8.09. The number of ether oxygens (including phenoxy) is 1. The Balaban J connectivity index is 2.02. The van der Waals surface area contributed by atoms with Crippen LogP contribution in [0, 0.1) is 17.8 Å². The van der Waals surface area contributed by atoms with E-state index in [2.05, 4.69) is 6.92 Å². The molecule has 2 aliphatic rings. The molecule has 0 N–H and O–H groups in total. The van der Waals surface area contributed by atoms with Crippen molar-refractivity contribution in [3.63, 3.8) is 0 Å². The van der Waals surface area contributed by atoms with E-state index < -0.39 is 0 Å². The van der Waals surface area contributed by atoms with Crippen LogP contribution >= 0.6 is 0 Å². The highest BCUT2D eigenvalue weighted by Gasteiger charge is 2.46.